The first-order chi connectivity index (χ1) is 6.52. The summed E-state index contributed by atoms with van der Waals surface area (Å²) in [5.74, 6) is -0.446. The van der Waals surface area contributed by atoms with Crippen LogP contribution in [-0.4, -0.2) is 36.6 Å². The van der Waals surface area contributed by atoms with E-state index in [0.29, 0.717) is 13.2 Å². The number of rotatable bonds is 7. The maximum atomic E-state index is 11.3. The Balaban J connectivity index is 3.75. The second-order valence-corrected chi connectivity index (χ2v) is 5.14. The second-order valence-electron chi connectivity index (χ2n) is 2.75. The number of carbonyl (C=O) groups excluding carboxylic acids is 1. The van der Waals surface area contributed by atoms with E-state index in [1.54, 1.807) is 13.8 Å². The number of carbonyl (C=O) groups is 1. The van der Waals surface area contributed by atoms with Gasteiger partial charge in [0.15, 0.2) is 0 Å². The first kappa shape index (κ1) is 13.6. The molecule has 14 heavy (non-hydrogen) atoms. The first-order valence-corrected chi connectivity index (χ1v) is 6.59. The molecule has 84 valence electrons. The Bertz CT molecular complexity index is 216. The quantitative estimate of drug-likeness (QED) is 0.519. The van der Waals surface area contributed by atoms with Crippen molar-refractivity contribution in [1.82, 2.24) is 0 Å². The van der Waals surface area contributed by atoms with Crippen LogP contribution in [0.3, 0.4) is 0 Å². The molecule has 0 saturated heterocycles. The van der Waals surface area contributed by atoms with Gasteiger partial charge in [-0.15, -0.1) is 0 Å². The third kappa shape index (κ3) is 7.06. The summed E-state index contributed by atoms with van der Waals surface area (Å²) in [5.41, 5.74) is 0. The summed E-state index contributed by atoms with van der Waals surface area (Å²) in [6.45, 7) is 4.12. The SMILES string of the molecule is CCOCP(=O)(O)CCC(=O)OCC. The molecule has 0 amide bonds. The molecular formula is C8H17O5P. The van der Waals surface area contributed by atoms with E-state index in [-0.39, 0.29) is 18.9 Å². The van der Waals surface area contributed by atoms with Gasteiger partial charge < -0.3 is 14.4 Å². The Morgan fingerprint density at radius 2 is 2.00 bits per heavy atom. The zero-order valence-electron chi connectivity index (χ0n) is 8.56. The molecule has 0 saturated carbocycles. The fraction of sp³-hybridized carbons (Fsp3) is 0.875. The van der Waals surface area contributed by atoms with Crippen molar-refractivity contribution in [2.24, 2.45) is 0 Å². The molecule has 0 bridgehead atoms. The molecule has 5 nitrogen and oxygen atoms in total. The number of hydrogen-bond acceptors (Lipinski definition) is 4. The molecule has 1 atom stereocenters. The average Bonchev–Trinajstić information content (AvgIpc) is 2.13. The Hall–Kier alpha value is -0.380. The van der Waals surface area contributed by atoms with Crippen LogP contribution >= 0.6 is 7.37 Å². The smallest absolute Gasteiger partial charge is 0.306 e. The van der Waals surface area contributed by atoms with Gasteiger partial charge in [-0.1, -0.05) is 0 Å². The highest BCUT2D eigenvalue weighted by molar-refractivity contribution is 7.57. The van der Waals surface area contributed by atoms with Gasteiger partial charge in [-0.05, 0) is 13.8 Å². The summed E-state index contributed by atoms with van der Waals surface area (Å²) < 4.78 is 20.8. The lowest BCUT2D eigenvalue weighted by molar-refractivity contribution is -0.142. The van der Waals surface area contributed by atoms with Gasteiger partial charge in [0.1, 0.15) is 6.35 Å². The van der Waals surface area contributed by atoms with Crippen molar-refractivity contribution < 1.29 is 23.7 Å². The van der Waals surface area contributed by atoms with E-state index in [2.05, 4.69) is 4.74 Å². The van der Waals surface area contributed by atoms with E-state index in [4.69, 9.17) is 4.74 Å². The Kier molecular flexibility index (Phi) is 6.79. The van der Waals surface area contributed by atoms with Gasteiger partial charge in [-0.2, -0.15) is 0 Å². The zero-order chi connectivity index (χ0) is 11.0. The standard InChI is InChI=1S/C8H17O5P/c1-3-12-7-14(10,11)6-5-8(9)13-4-2/h3-7H2,1-2H3,(H,10,11). The van der Waals surface area contributed by atoms with E-state index in [0.717, 1.165) is 0 Å². The molecular weight excluding hydrogens is 207 g/mol. The lowest BCUT2D eigenvalue weighted by atomic mass is 10.5. The van der Waals surface area contributed by atoms with Gasteiger partial charge in [-0.25, -0.2) is 0 Å². The minimum Gasteiger partial charge on any atom is -0.466 e. The van der Waals surface area contributed by atoms with E-state index < -0.39 is 13.3 Å². The molecule has 1 N–H and O–H groups in total. The van der Waals surface area contributed by atoms with Crippen LogP contribution in [0.2, 0.25) is 0 Å². The highest BCUT2D eigenvalue weighted by Gasteiger charge is 2.20. The molecule has 1 unspecified atom stereocenters. The van der Waals surface area contributed by atoms with Crippen LogP contribution in [0.1, 0.15) is 20.3 Å². The third-order valence-electron chi connectivity index (χ3n) is 1.47. The van der Waals surface area contributed by atoms with Gasteiger partial charge >= 0.3 is 5.97 Å². The molecule has 0 heterocycles. The van der Waals surface area contributed by atoms with Gasteiger partial charge in [0.05, 0.1) is 13.0 Å². The van der Waals surface area contributed by atoms with Crippen LogP contribution in [0.25, 0.3) is 0 Å². The van der Waals surface area contributed by atoms with Gasteiger partial charge in [-0.3, -0.25) is 9.36 Å². The van der Waals surface area contributed by atoms with Gasteiger partial charge in [0.25, 0.3) is 0 Å². The fourth-order valence-corrected chi connectivity index (χ4v) is 1.93. The molecule has 0 radical (unpaired) electrons. The molecule has 0 aromatic heterocycles. The maximum absolute atomic E-state index is 11.3. The molecule has 0 aliphatic heterocycles. The lowest BCUT2D eigenvalue weighted by Gasteiger charge is -2.10. The maximum Gasteiger partial charge on any atom is 0.306 e. The summed E-state index contributed by atoms with van der Waals surface area (Å²) >= 11 is 0. The van der Waals surface area contributed by atoms with Crippen LogP contribution < -0.4 is 0 Å². The van der Waals surface area contributed by atoms with Crippen molar-refractivity contribution >= 4 is 13.3 Å². The minimum absolute atomic E-state index is 0.0330. The van der Waals surface area contributed by atoms with Gasteiger partial charge in [0, 0.05) is 12.8 Å². The van der Waals surface area contributed by atoms with Crippen LogP contribution in [0.15, 0.2) is 0 Å². The summed E-state index contributed by atoms with van der Waals surface area (Å²) in [4.78, 5) is 20.2. The molecule has 0 aliphatic rings. The molecule has 6 heteroatoms. The Morgan fingerprint density at radius 1 is 1.36 bits per heavy atom. The second kappa shape index (κ2) is 6.98. The largest absolute Gasteiger partial charge is 0.466 e. The summed E-state index contributed by atoms with van der Waals surface area (Å²) in [6, 6.07) is 0. The normalized spacial score (nSPS) is 14.8. The van der Waals surface area contributed by atoms with E-state index in [1.807, 2.05) is 0 Å². The van der Waals surface area contributed by atoms with Crippen molar-refractivity contribution in [1.29, 1.82) is 0 Å². The average molecular weight is 224 g/mol. The molecule has 0 aromatic rings. The van der Waals surface area contributed by atoms with E-state index in [9.17, 15) is 14.3 Å². The Labute approximate surface area is 83.9 Å². The van der Waals surface area contributed by atoms with Crippen molar-refractivity contribution in [3.05, 3.63) is 0 Å². The van der Waals surface area contributed by atoms with Crippen LogP contribution in [0.5, 0.6) is 0 Å². The molecule has 0 fully saturated rings. The highest BCUT2D eigenvalue weighted by atomic mass is 31.2. The third-order valence-corrected chi connectivity index (χ3v) is 2.98. The number of ether oxygens (including phenoxy) is 2. The summed E-state index contributed by atoms with van der Waals surface area (Å²) in [7, 11) is -3.31. The zero-order valence-corrected chi connectivity index (χ0v) is 9.46. The van der Waals surface area contributed by atoms with Crippen molar-refractivity contribution in [3.63, 3.8) is 0 Å². The first-order valence-electron chi connectivity index (χ1n) is 4.56. The van der Waals surface area contributed by atoms with Crippen molar-refractivity contribution in [2.75, 3.05) is 25.7 Å². The van der Waals surface area contributed by atoms with Crippen LogP contribution in [0.4, 0.5) is 0 Å². The van der Waals surface area contributed by atoms with E-state index in [1.165, 1.54) is 0 Å². The summed E-state index contributed by atoms with van der Waals surface area (Å²) in [5, 5.41) is 0. The fourth-order valence-electron chi connectivity index (χ4n) is 0.798. The number of hydrogen-bond donors (Lipinski definition) is 1. The van der Waals surface area contributed by atoms with Crippen molar-refractivity contribution in [3.8, 4) is 0 Å². The molecule has 0 spiro atoms. The minimum atomic E-state index is -3.31. The lowest BCUT2D eigenvalue weighted by Crippen LogP contribution is -2.08. The summed E-state index contributed by atoms with van der Waals surface area (Å²) in [6.07, 6.45) is -0.302. The molecule has 0 rings (SSSR count). The predicted molar refractivity (Wildman–Crippen MR) is 52.4 cm³/mol. The highest BCUT2D eigenvalue weighted by Crippen LogP contribution is 2.40. The topological polar surface area (TPSA) is 72.8 Å². The van der Waals surface area contributed by atoms with Gasteiger partial charge in [0.2, 0.25) is 7.37 Å². The molecule has 0 aromatic carbocycles. The number of esters is 1. The van der Waals surface area contributed by atoms with Crippen LogP contribution in [0, 0.1) is 0 Å². The predicted octanol–water partition coefficient (Wildman–Crippen LogP) is 1.20. The molecule has 0 aliphatic carbocycles. The van der Waals surface area contributed by atoms with E-state index >= 15 is 0 Å². The monoisotopic (exact) mass is 224 g/mol. The van der Waals surface area contributed by atoms with Crippen LogP contribution in [-0.2, 0) is 18.8 Å². The van der Waals surface area contributed by atoms with Crippen molar-refractivity contribution in [2.45, 2.75) is 20.3 Å². The Morgan fingerprint density at radius 3 is 2.50 bits per heavy atom.